The van der Waals surface area contributed by atoms with Crippen LogP contribution in [0.15, 0.2) is 24.4 Å². The first kappa shape index (κ1) is 9.01. The zero-order chi connectivity index (χ0) is 9.68. The fraction of sp³-hybridized carbons (Fsp3) is 0. The molecule has 3 heteroatoms. The van der Waals surface area contributed by atoms with E-state index < -0.39 is 5.97 Å². The molecule has 0 saturated heterocycles. The van der Waals surface area contributed by atoms with Gasteiger partial charge in [0.05, 0.1) is 0 Å². The van der Waals surface area contributed by atoms with Crippen molar-refractivity contribution in [2.75, 3.05) is 0 Å². The monoisotopic (exact) mass is 173 g/mol. The van der Waals surface area contributed by atoms with Gasteiger partial charge in [-0.05, 0) is 17.7 Å². The Kier molecular flexibility index (Phi) is 2.82. The molecule has 0 aromatic carbocycles. The normalized spacial score (nSPS) is 9.77. The van der Waals surface area contributed by atoms with E-state index in [9.17, 15) is 4.79 Å². The first-order valence-corrected chi connectivity index (χ1v) is 3.56. The maximum absolute atomic E-state index is 10.2. The fourth-order valence-electron chi connectivity index (χ4n) is 0.757. The Labute approximate surface area is 75.7 Å². The van der Waals surface area contributed by atoms with Crippen molar-refractivity contribution in [3.63, 3.8) is 0 Å². The van der Waals surface area contributed by atoms with Crippen LogP contribution in [0.4, 0.5) is 0 Å². The quantitative estimate of drug-likeness (QED) is 0.539. The highest BCUT2D eigenvalue weighted by atomic mass is 16.4. The molecule has 0 amide bonds. The van der Waals surface area contributed by atoms with Crippen molar-refractivity contribution >= 4 is 12.0 Å². The van der Waals surface area contributed by atoms with Gasteiger partial charge in [-0.2, -0.15) is 0 Å². The molecule has 0 atom stereocenters. The Balaban J connectivity index is 2.82. The average molecular weight is 173 g/mol. The molecule has 0 aliphatic carbocycles. The van der Waals surface area contributed by atoms with Gasteiger partial charge in [0.1, 0.15) is 5.69 Å². The number of terminal acetylenes is 1. The molecule has 1 N–H and O–H groups in total. The number of hydrogen-bond acceptors (Lipinski definition) is 2. The lowest BCUT2D eigenvalue weighted by Crippen LogP contribution is -1.86. The third kappa shape index (κ3) is 2.80. The average Bonchev–Trinajstić information content (AvgIpc) is 2.15. The van der Waals surface area contributed by atoms with Crippen LogP contribution in [0.3, 0.4) is 0 Å². The Morgan fingerprint density at radius 2 is 2.38 bits per heavy atom. The van der Waals surface area contributed by atoms with E-state index >= 15 is 0 Å². The van der Waals surface area contributed by atoms with E-state index in [2.05, 4.69) is 10.9 Å². The van der Waals surface area contributed by atoms with Crippen molar-refractivity contribution in [1.29, 1.82) is 0 Å². The molecular weight excluding hydrogens is 166 g/mol. The van der Waals surface area contributed by atoms with Crippen molar-refractivity contribution in [3.05, 3.63) is 35.7 Å². The molecule has 0 aliphatic heterocycles. The molecule has 0 fully saturated rings. The molecule has 0 spiro atoms. The summed E-state index contributed by atoms with van der Waals surface area (Å²) in [5, 5.41) is 8.34. The zero-order valence-electron chi connectivity index (χ0n) is 6.77. The highest BCUT2D eigenvalue weighted by Gasteiger charge is 1.90. The summed E-state index contributed by atoms with van der Waals surface area (Å²) in [6, 6.07) is 3.36. The summed E-state index contributed by atoms with van der Waals surface area (Å²) >= 11 is 0. The van der Waals surface area contributed by atoms with Gasteiger partial charge in [-0.15, -0.1) is 6.42 Å². The third-order valence-corrected chi connectivity index (χ3v) is 1.35. The summed E-state index contributed by atoms with van der Waals surface area (Å²) in [7, 11) is 0. The molecule has 0 radical (unpaired) electrons. The molecule has 1 aromatic heterocycles. The zero-order valence-corrected chi connectivity index (χ0v) is 6.77. The van der Waals surface area contributed by atoms with Crippen LogP contribution in [-0.2, 0) is 4.79 Å². The van der Waals surface area contributed by atoms with Crippen LogP contribution in [0.2, 0.25) is 0 Å². The molecule has 0 saturated carbocycles. The molecule has 1 rings (SSSR count). The van der Waals surface area contributed by atoms with Crippen molar-refractivity contribution in [1.82, 2.24) is 4.98 Å². The van der Waals surface area contributed by atoms with Gasteiger partial charge < -0.3 is 5.11 Å². The number of carbonyl (C=O) groups is 1. The van der Waals surface area contributed by atoms with E-state index in [1.807, 2.05) is 0 Å². The van der Waals surface area contributed by atoms with E-state index in [0.717, 1.165) is 6.08 Å². The van der Waals surface area contributed by atoms with E-state index in [-0.39, 0.29) is 0 Å². The molecule has 0 aliphatic rings. The van der Waals surface area contributed by atoms with E-state index in [1.165, 1.54) is 12.3 Å². The van der Waals surface area contributed by atoms with Gasteiger partial charge in [0.15, 0.2) is 0 Å². The first-order chi connectivity index (χ1) is 6.22. The molecular formula is C10H7NO2. The van der Waals surface area contributed by atoms with Crippen molar-refractivity contribution < 1.29 is 9.90 Å². The number of rotatable bonds is 2. The van der Waals surface area contributed by atoms with Crippen LogP contribution in [0.5, 0.6) is 0 Å². The maximum Gasteiger partial charge on any atom is 0.328 e. The Hall–Kier alpha value is -2.08. The Morgan fingerprint density at radius 3 is 2.85 bits per heavy atom. The van der Waals surface area contributed by atoms with Gasteiger partial charge in [-0.25, -0.2) is 9.78 Å². The summed E-state index contributed by atoms with van der Waals surface area (Å²) in [5.74, 6) is 1.38. The SMILES string of the molecule is C#Cc1ccc(/C=C/C(=O)O)cn1. The number of carboxylic acid groups (broad SMARTS) is 1. The second-order valence-corrected chi connectivity index (χ2v) is 2.29. The van der Waals surface area contributed by atoms with Crippen molar-refractivity contribution in [2.24, 2.45) is 0 Å². The number of aromatic nitrogens is 1. The van der Waals surface area contributed by atoms with Gasteiger partial charge in [0, 0.05) is 12.3 Å². The smallest absolute Gasteiger partial charge is 0.328 e. The molecule has 64 valence electrons. The second-order valence-electron chi connectivity index (χ2n) is 2.29. The summed E-state index contributed by atoms with van der Waals surface area (Å²) in [5.41, 5.74) is 1.24. The van der Waals surface area contributed by atoms with Crippen LogP contribution in [0.25, 0.3) is 6.08 Å². The van der Waals surface area contributed by atoms with E-state index in [0.29, 0.717) is 11.3 Å². The number of aliphatic carboxylic acids is 1. The summed E-state index contributed by atoms with van der Waals surface area (Å²) in [4.78, 5) is 14.1. The summed E-state index contributed by atoms with van der Waals surface area (Å²) in [6.07, 6.45) is 9.12. The lowest BCUT2D eigenvalue weighted by atomic mass is 10.2. The van der Waals surface area contributed by atoms with Crippen molar-refractivity contribution in [2.45, 2.75) is 0 Å². The minimum Gasteiger partial charge on any atom is -0.478 e. The second kappa shape index (κ2) is 4.07. The predicted molar refractivity (Wildman–Crippen MR) is 48.8 cm³/mol. The highest BCUT2D eigenvalue weighted by Crippen LogP contribution is 2.01. The van der Waals surface area contributed by atoms with E-state index in [4.69, 9.17) is 11.5 Å². The largest absolute Gasteiger partial charge is 0.478 e. The lowest BCUT2D eigenvalue weighted by molar-refractivity contribution is -0.131. The number of hydrogen-bond donors (Lipinski definition) is 1. The topological polar surface area (TPSA) is 50.2 Å². The molecule has 3 nitrogen and oxygen atoms in total. The summed E-state index contributed by atoms with van der Waals surface area (Å²) < 4.78 is 0. The third-order valence-electron chi connectivity index (χ3n) is 1.35. The number of nitrogens with zero attached hydrogens (tertiary/aromatic N) is 1. The van der Waals surface area contributed by atoms with Gasteiger partial charge in [0.25, 0.3) is 0 Å². The molecule has 0 unspecified atom stereocenters. The Bertz CT molecular complexity index is 371. The van der Waals surface area contributed by atoms with Gasteiger partial charge in [-0.3, -0.25) is 0 Å². The van der Waals surface area contributed by atoms with Gasteiger partial charge in [-0.1, -0.05) is 12.0 Å². The minimum atomic E-state index is -0.985. The van der Waals surface area contributed by atoms with Crippen LogP contribution >= 0.6 is 0 Å². The fourth-order valence-corrected chi connectivity index (χ4v) is 0.757. The molecule has 1 heterocycles. The van der Waals surface area contributed by atoms with Crippen LogP contribution in [0, 0.1) is 12.3 Å². The Morgan fingerprint density at radius 1 is 1.62 bits per heavy atom. The van der Waals surface area contributed by atoms with Gasteiger partial charge >= 0.3 is 5.97 Å². The highest BCUT2D eigenvalue weighted by molar-refractivity contribution is 5.85. The van der Waals surface area contributed by atoms with Crippen LogP contribution in [-0.4, -0.2) is 16.1 Å². The van der Waals surface area contributed by atoms with Gasteiger partial charge in [0.2, 0.25) is 0 Å². The number of pyridine rings is 1. The number of carboxylic acids is 1. The minimum absolute atomic E-state index is 0.535. The van der Waals surface area contributed by atoms with Crippen LogP contribution < -0.4 is 0 Å². The lowest BCUT2D eigenvalue weighted by Gasteiger charge is -1.91. The van der Waals surface area contributed by atoms with E-state index in [1.54, 1.807) is 12.1 Å². The molecule has 0 bridgehead atoms. The standard InChI is InChI=1S/C10H7NO2/c1-2-9-5-3-8(7-11-9)4-6-10(12)13/h1,3-7H,(H,12,13)/b6-4+. The molecule has 1 aromatic rings. The summed E-state index contributed by atoms with van der Waals surface area (Å²) in [6.45, 7) is 0. The first-order valence-electron chi connectivity index (χ1n) is 3.56. The van der Waals surface area contributed by atoms with Crippen LogP contribution in [0.1, 0.15) is 11.3 Å². The van der Waals surface area contributed by atoms with Crippen molar-refractivity contribution in [3.8, 4) is 12.3 Å². The maximum atomic E-state index is 10.2. The predicted octanol–water partition coefficient (Wildman–Crippen LogP) is 1.16. The molecule has 13 heavy (non-hydrogen) atoms.